The average Bonchev–Trinajstić information content (AvgIpc) is 2.38. The van der Waals surface area contributed by atoms with E-state index in [1.54, 1.807) is 11.8 Å². The molecule has 4 nitrogen and oxygen atoms in total. The Labute approximate surface area is 99.8 Å². The van der Waals surface area contributed by atoms with Crippen LogP contribution in [0.4, 0.5) is 4.39 Å². The zero-order valence-electron chi connectivity index (χ0n) is 9.78. The molecule has 92 valence electrons. The fourth-order valence-electron chi connectivity index (χ4n) is 1.43. The van der Waals surface area contributed by atoms with Gasteiger partial charge in [-0.3, -0.25) is 0 Å². The molecular weight excluding hydrogens is 223 g/mol. The lowest BCUT2D eigenvalue weighted by Gasteiger charge is -2.29. The first-order chi connectivity index (χ1) is 8.19. The Morgan fingerprint density at radius 1 is 1.53 bits per heavy atom. The number of aliphatic imine (C=N–C) groups is 1. The van der Waals surface area contributed by atoms with Gasteiger partial charge in [-0.05, 0) is 6.92 Å². The molecule has 0 N–H and O–H groups in total. The monoisotopic (exact) mass is 238 g/mol. The summed E-state index contributed by atoms with van der Waals surface area (Å²) in [5, 5.41) is 0. The quantitative estimate of drug-likeness (QED) is 0.427. The van der Waals surface area contributed by atoms with Gasteiger partial charge >= 0.3 is 0 Å². The van der Waals surface area contributed by atoms with Crippen LogP contribution in [0, 0.1) is 0 Å². The first-order valence-corrected chi connectivity index (χ1v) is 5.32. The number of nitrogens with zero attached hydrogens (tertiary/aromatic N) is 2. The van der Waals surface area contributed by atoms with E-state index in [2.05, 4.69) is 11.6 Å². The smallest absolute Gasteiger partial charge is 0.240 e. The average molecular weight is 238 g/mol. The Morgan fingerprint density at radius 2 is 2.18 bits per heavy atom. The molecule has 0 aromatic carbocycles. The molecule has 0 aromatic heterocycles. The van der Waals surface area contributed by atoms with Gasteiger partial charge in [0, 0.05) is 19.2 Å². The lowest BCUT2D eigenvalue weighted by molar-refractivity contribution is 0.0537. The molecule has 1 aliphatic rings. The lowest BCUT2D eigenvalue weighted by Crippen LogP contribution is -2.35. The van der Waals surface area contributed by atoms with E-state index in [-0.39, 0.29) is 11.4 Å². The van der Waals surface area contributed by atoms with Gasteiger partial charge in [-0.1, -0.05) is 12.7 Å². The summed E-state index contributed by atoms with van der Waals surface area (Å²) < 4.78 is 19.0. The number of halogens is 1. The molecule has 0 aliphatic carbocycles. The Balaban J connectivity index is 2.73. The van der Waals surface area contributed by atoms with Gasteiger partial charge in [0.15, 0.2) is 0 Å². The largest absolute Gasteiger partial charge is 0.378 e. The number of hydrogen-bond acceptors (Lipinski definition) is 4. The highest BCUT2D eigenvalue weighted by atomic mass is 19.1. The summed E-state index contributed by atoms with van der Waals surface area (Å²) in [5.74, 6) is -0.501. The van der Waals surface area contributed by atoms with E-state index in [9.17, 15) is 9.18 Å². The molecule has 5 heteroatoms. The van der Waals surface area contributed by atoms with Gasteiger partial charge in [0.1, 0.15) is 5.83 Å². The van der Waals surface area contributed by atoms with Gasteiger partial charge in [-0.2, -0.15) is 4.99 Å². The van der Waals surface area contributed by atoms with Crippen LogP contribution >= 0.6 is 0 Å². The molecule has 17 heavy (non-hydrogen) atoms. The molecular formula is C12H15FN2O2. The van der Waals surface area contributed by atoms with Crippen LogP contribution in [0.15, 0.2) is 40.9 Å². The minimum atomic E-state index is -0.501. The van der Waals surface area contributed by atoms with Crippen molar-refractivity contribution in [1.82, 2.24) is 4.90 Å². The molecule has 1 saturated heterocycles. The van der Waals surface area contributed by atoms with Crippen LogP contribution < -0.4 is 0 Å². The number of hydrogen-bond donors (Lipinski definition) is 0. The molecule has 0 unspecified atom stereocenters. The van der Waals surface area contributed by atoms with E-state index in [1.807, 2.05) is 0 Å². The van der Waals surface area contributed by atoms with Crippen molar-refractivity contribution in [2.75, 3.05) is 26.3 Å². The van der Waals surface area contributed by atoms with Crippen LogP contribution in [0.3, 0.4) is 0 Å². The maximum Gasteiger partial charge on any atom is 0.240 e. The molecule has 0 radical (unpaired) electrons. The Morgan fingerprint density at radius 3 is 2.71 bits per heavy atom. The predicted octanol–water partition coefficient (Wildman–Crippen LogP) is 1.93. The van der Waals surface area contributed by atoms with E-state index >= 15 is 0 Å². The van der Waals surface area contributed by atoms with Crippen molar-refractivity contribution in [3.05, 3.63) is 36.0 Å². The van der Waals surface area contributed by atoms with Crippen molar-refractivity contribution in [3.8, 4) is 0 Å². The van der Waals surface area contributed by atoms with Crippen LogP contribution in [-0.4, -0.2) is 37.3 Å². The van der Waals surface area contributed by atoms with E-state index in [0.29, 0.717) is 26.3 Å². The molecule has 1 heterocycles. The molecule has 0 aromatic rings. The van der Waals surface area contributed by atoms with Gasteiger partial charge in [-0.15, -0.1) is 0 Å². The van der Waals surface area contributed by atoms with Crippen molar-refractivity contribution in [3.63, 3.8) is 0 Å². The van der Waals surface area contributed by atoms with Gasteiger partial charge < -0.3 is 9.64 Å². The standard InChI is InChI=1S/C12H15FN2O2/c1-3-11(14-9-16)8-12(13)10(2)15-4-6-17-7-5-15/h3,8H,2,4-7H2,1H3/b11-3+,12-8+. The van der Waals surface area contributed by atoms with Crippen molar-refractivity contribution in [2.45, 2.75) is 6.92 Å². The topological polar surface area (TPSA) is 41.9 Å². The number of carbonyl (C=O) groups excluding carboxylic acids is 1. The summed E-state index contributed by atoms with van der Waals surface area (Å²) >= 11 is 0. The van der Waals surface area contributed by atoms with E-state index in [1.165, 1.54) is 18.2 Å². The van der Waals surface area contributed by atoms with E-state index in [4.69, 9.17) is 4.74 Å². The summed E-state index contributed by atoms with van der Waals surface area (Å²) in [6.07, 6.45) is 4.07. The Bertz CT molecular complexity index is 389. The summed E-state index contributed by atoms with van der Waals surface area (Å²) in [4.78, 5) is 15.3. The summed E-state index contributed by atoms with van der Waals surface area (Å²) in [6, 6.07) is 0. The molecule has 0 atom stereocenters. The summed E-state index contributed by atoms with van der Waals surface area (Å²) in [5.41, 5.74) is 0.514. The molecule has 0 spiro atoms. The summed E-state index contributed by atoms with van der Waals surface area (Å²) in [6.45, 7) is 7.71. The van der Waals surface area contributed by atoms with Crippen LogP contribution in [-0.2, 0) is 9.53 Å². The number of isocyanates is 1. The van der Waals surface area contributed by atoms with Crippen LogP contribution in [0.2, 0.25) is 0 Å². The molecule has 0 saturated carbocycles. The maximum atomic E-state index is 13.8. The third-order valence-electron chi connectivity index (χ3n) is 2.41. The third-order valence-corrected chi connectivity index (χ3v) is 2.41. The maximum absolute atomic E-state index is 13.8. The lowest BCUT2D eigenvalue weighted by atomic mass is 10.2. The van der Waals surface area contributed by atoms with Gasteiger partial charge in [-0.25, -0.2) is 9.18 Å². The summed E-state index contributed by atoms with van der Waals surface area (Å²) in [7, 11) is 0. The highest BCUT2D eigenvalue weighted by molar-refractivity contribution is 5.41. The first kappa shape index (κ1) is 13.4. The highest BCUT2D eigenvalue weighted by Gasteiger charge is 2.15. The molecule has 1 rings (SSSR count). The third kappa shape index (κ3) is 3.98. The second kappa shape index (κ2) is 6.78. The minimum absolute atomic E-state index is 0.229. The van der Waals surface area contributed by atoms with Crippen LogP contribution in [0.1, 0.15) is 6.92 Å². The molecule has 0 amide bonds. The number of ether oxygens (including phenoxy) is 1. The fourth-order valence-corrected chi connectivity index (χ4v) is 1.43. The highest BCUT2D eigenvalue weighted by Crippen LogP contribution is 2.18. The second-order valence-corrected chi connectivity index (χ2v) is 3.46. The van der Waals surface area contributed by atoms with Crippen LogP contribution in [0.25, 0.3) is 0 Å². The fraction of sp³-hybridized carbons (Fsp3) is 0.417. The van der Waals surface area contributed by atoms with Gasteiger partial charge in [0.2, 0.25) is 6.08 Å². The van der Waals surface area contributed by atoms with E-state index in [0.717, 1.165) is 0 Å². The number of allylic oxidation sites excluding steroid dienone is 3. The zero-order chi connectivity index (χ0) is 12.7. The minimum Gasteiger partial charge on any atom is -0.378 e. The zero-order valence-corrected chi connectivity index (χ0v) is 9.78. The van der Waals surface area contributed by atoms with Crippen molar-refractivity contribution >= 4 is 6.08 Å². The number of rotatable bonds is 4. The van der Waals surface area contributed by atoms with E-state index < -0.39 is 5.83 Å². The van der Waals surface area contributed by atoms with Crippen molar-refractivity contribution in [1.29, 1.82) is 0 Å². The predicted molar refractivity (Wildman–Crippen MR) is 62.6 cm³/mol. The molecule has 1 aliphatic heterocycles. The Hall–Kier alpha value is -1.71. The normalized spacial score (nSPS) is 17.6. The first-order valence-electron chi connectivity index (χ1n) is 5.32. The Kier molecular flexibility index (Phi) is 5.33. The van der Waals surface area contributed by atoms with Crippen molar-refractivity contribution in [2.24, 2.45) is 4.99 Å². The van der Waals surface area contributed by atoms with Crippen molar-refractivity contribution < 1.29 is 13.9 Å². The second-order valence-electron chi connectivity index (χ2n) is 3.46. The van der Waals surface area contributed by atoms with Crippen LogP contribution in [0.5, 0.6) is 0 Å². The molecule has 1 fully saturated rings. The van der Waals surface area contributed by atoms with Gasteiger partial charge in [0.05, 0.1) is 24.6 Å². The molecule has 0 bridgehead atoms. The SMILES string of the molecule is C=C(/C(F)=C\C(=C/C)N=C=O)N1CCOCC1. The van der Waals surface area contributed by atoms with Gasteiger partial charge in [0.25, 0.3) is 0 Å². The number of morpholine rings is 1.